The van der Waals surface area contributed by atoms with Gasteiger partial charge in [0.1, 0.15) is 17.3 Å². The molecule has 0 spiro atoms. The molecule has 132 valence electrons. The lowest BCUT2D eigenvalue weighted by molar-refractivity contribution is 0.362. The highest BCUT2D eigenvalue weighted by Gasteiger charge is 2.34. The summed E-state index contributed by atoms with van der Waals surface area (Å²) in [6, 6.07) is 14.1. The maximum atomic E-state index is 13.8. The summed E-state index contributed by atoms with van der Waals surface area (Å²) in [5, 5.41) is 6.33. The van der Waals surface area contributed by atoms with Crippen LogP contribution in [0.5, 0.6) is 0 Å². The lowest BCUT2D eigenvalue weighted by atomic mass is 9.89. The Labute approximate surface area is 152 Å². The Kier molecular flexibility index (Phi) is 5.63. The first kappa shape index (κ1) is 17.8. The van der Waals surface area contributed by atoms with Crippen LogP contribution in [0.1, 0.15) is 37.7 Å². The minimum absolute atomic E-state index is 0.109. The largest absolute Gasteiger partial charge is 0.357 e. The van der Waals surface area contributed by atoms with Gasteiger partial charge < -0.3 is 10.6 Å². The lowest BCUT2D eigenvalue weighted by Crippen LogP contribution is -2.48. The topological polar surface area (TPSA) is 24.1 Å². The van der Waals surface area contributed by atoms with Crippen LogP contribution in [0.15, 0.2) is 48.5 Å². The Hall–Kier alpha value is -2.01. The molecule has 25 heavy (non-hydrogen) atoms. The average molecular weight is 360 g/mol. The smallest absolute Gasteiger partial charge is 0.171 e. The van der Waals surface area contributed by atoms with Crippen LogP contribution in [0.2, 0.25) is 0 Å². The number of nitrogens with one attached hydrogen (secondary N) is 2. The Balaban J connectivity index is 1.66. The van der Waals surface area contributed by atoms with Crippen molar-refractivity contribution in [3.8, 4) is 0 Å². The van der Waals surface area contributed by atoms with Crippen molar-refractivity contribution in [3.05, 3.63) is 65.7 Å². The van der Waals surface area contributed by atoms with E-state index in [1.54, 1.807) is 0 Å². The van der Waals surface area contributed by atoms with Gasteiger partial charge in [-0.15, -0.1) is 0 Å². The zero-order valence-corrected chi connectivity index (χ0v) is 14.8. The van der Waals surface area contributed by atoms with Crippen molar-refractivity contribution in [2.45, 2.75) is 44.1 Å². The molecule has 0 atom stereocenters. The lowest BCUT2D eigenvalue weighted by Gasteiger charge is -2.32. The zero-order chi connectivity index (χ0) is 17.7. The van der Waals surface area contributed by atoms with Crippen LogP contribution < -0.4 is 10.6 Å². The summed E-state index contributed by atoms with van der Waals surface area (Å²) in [5.74, 6) is -1.29. The van der Waals surface area contributed by atoms with Gasteiger partial charge in [-0.1, -0.05) is 49.2 Å². The molecule has 1 fully saturated rings. The minimum atomic E-state index is -0.645. The van der Waals surface area contributed by atoms with Crippen molar-refractivity contribution in [2.24, 2.45) is 0 Å². The van der Waals surface area contributed by atoms with E-state index in [4.69, 9.17) is 12.2 Å². The minimum Gasteiger partial charge on any atom is -0.357 e. The highest BCUT2D eigenvalue weighted by molar-refractivity contribution is 7.80. The molecule has 5 heteroatoms. The Bertz CT molecular complexity index is 707. The maximum Gasteiger partial charge on any atom is 0.171 e. The number of hydrogen-bond acceptors (Lipinski definition) is 1. The molecule has 0 amide bonds. The second kappa shape index (κ2) is 7.91. The van der Waals surface area contributed by atoms with Crippen molar-refractivity contribution in [1.29, 1.82) is 0 Å². The standard InChI is InChI=1S/C20H22F2N2S/c21-16-9-6-10-17(22)18(16)23-19(25)24-20(12-4-5-13-20)14-11-15-7-2-1-3-8-15/h1-3,6-10H,4-5,11-14H2,(H2,23,24,25). The van der Waals surface area contributed by atoms with Gasteiger partial charge in [-0.2, -0.15) is 0 Å². The fourth-order valence-corrected chi connectivity index (χ4v) is 3.84. The molecule has 1 aliphatic rings. The fourth-order valence-electron chi connectivity index (χ4n) is 3.52. The molecule has 2 nitrogen and oxygen atoms in total. The Morgan fingerprint density at radius 3 is 2.24 bits per heavy atom. The number of hydrogen-bond donors (Lipinski definition) is 2. The zero-order valence-electron chi connectivity index (χ0n) is 14.0. The van der Waals surface area contributed by atoms with Gasteiger partial charge in [0, 0.05) is 5.54 Å². The van der Waals surface area contributed by atoms with Gasteiger partial charge in [-0.25, -0.2) is 8.78 Å². The Morgan fingerprint density at radius 2 is 1.60 bits per heavy atom. The molecular formula is C20H22F2N2S. The molecule has 0 aliphatic heterocycles. The first-order valence-corrected chi connectivity index (χ1v) is 9.06. The molecule has 1 aliphatic carbocycles. The van der Waals surface area contributed by atoms with Gasteiger partial charge in [-0.05, 0) is 55.6 Å². The van der Waals surface area contributed by atoms with E-state index in [1.165, 1.54) is 23.8 Å². The molecule has 0 unspecified atom stereocenters. The summed E-state index contributed by atoms with van der Waals surface area (Å²) in [6.45, 7) is 0. The summed E-state index contributed by atoms with van der Waals surface area (Å²) in [6.07, 6.45) is 6.20. The van der Waals surface area contributed by atoms with E-state index in [-0.39, 0.29) is 16.3 Å². The second-order valence-electron chi connectivity index (χ2n) is 6.65. The summed E-state index contributed by atoms with van der Waals surface area (Å²) in [4.78, 5) is 0. The second-order valence-corrected chi connectivity index (χ2v) is 7.06. The van der Waals surface area contributed by atoms with Crippen LogP contribution in [0, 0.1) is 11.6 Å². The molecular weight excluding hydrogens is 338 g/mol. The number of anilines is 1. The normalized spacial score (nSPS) is 15.8. The molecule has 0 saturated heterocycles. The summed E-state index contributed by atoms with van der Waals surface area (Å²) in [5.41, 5.74) is 0.979. The van der Waals surface area contributed by atoms with Crippen LogP contribution in [-0.2, 0) is 6.42 Å². The van der Waals surface area contributed by atoms with E-state index in [0.29, 0.717) is 0 Å². The molecule has 2 N–H and O–H groups in total. The van der Waals surface area contributed by atoms with Crippen molar-refractivity contribution < 1.29 is 8.78 Å². The average Bonchev–Trinajstić information content (AvgIpc) is 3.06. The molecule has 0 bridgehead atoms. The fraction of sp³-hybridized carbons (Fsp3) is 0.350. The quantitative estimate of drug-likeness (QED) is 0.717. The number of thiocarbonyl (C=S) groups is 1. The summed E-state index contributed by atoms with van der Waals surface area (Å²) in [7, 11) is 0. The third-order valence-electron chi connectivity index (χ3n) is 4.88. The predicted octanol–water partition coefficient (Wildman–Crippen LogP) is 5.20. The van der Waals surface area contributed by atoms with Gasteiger partial charge in [0.25, 0.3) is 0 Å². The van der Waals surface area contributed by atoms with Gasteiger partial charge in [0.15, 0.2) is 5.11 Å². The van der Waals surface area contributed by atoms with Crippen LogP contribution in [0.3, 0.4) is 0 Å². The van der Waals surface area contributed by atoms with Crippen molar-refractivity contribution >= 4 is 23.0 Å². The third kappa shape index (κ3) is 4.54. The monoisotopic (exact) mass is 360 g/mol. The van der Waals surface area contributed by atoms with Crippen molar-refractivity contribution in [3.63, 3.8) is 0 Å². The molecule has 0 radical (unpaired) electrons. The molecule has 0 aromatic heterocycles. The Morgan fingerprint density at radius 1 is 0.960 bits per heavy atom. The van der Waals surface area contributed by atoms with Crippen LogP contribution >= 0.6 is 12.2 Å². The van der Waals surface area contributed by atoms with E-state index < -0.39 is 11.6 Å². The van der Waals surface area contributed by atoms with E-state index >= 15 is 0 Å². The molecule has 2 aromatic carbocycles. The number of rotatable bonds is 5. The summed E-state index contributed by atoms with van der Waals surface area (Å²) < 4.78 is 27.6. The van der Waals surface area contributed by atoms with Gasteiger partial charge >= 0.3 is 0 Å². The van der Waals surface area contributed by atoms with Gasteiger partial charge in [0.05, 0.1) is 0 Å². The van der Waals surface area contributed by atoms with E-state index in [2.05, 4.69) is 22.8 Å². The highest BCUT2D eigenvalue weighted by atomic mass is 32.1. The van der Waals surface area contributed by atoms with E-state index in [9.17, 15) is 8.78 Å². The molecule has 2 aromatic rings. The SMILES string of the molecule is Fc1cccc(F)c1NC(=S)NC1(CCc2ccccc2)CCCC1. The van der Waals surface area contributed by atoms with Crippen LogP contribution in [0.4, 0.5) is 14.5 Å². The number of halogens is 2. The predicted molar refractivity (Wildman–Crippen MR) is 102 cm³/mol. The van der Waals surface area contributed by atoms with Gasteiger partial charge in [0.2, 0.25) is 0 Å². The van der Waals surface area contributed by atoms with Crippen LogP contribution in [-0.4, -0.2) is 10.7 Å². The number of benzene rings is 2. The molecule has 1 saturated carbocycles. The molecule has 3 rings (SSSR count). The van der Waals surface area contributed by atoms with E-state index in [0.717, 1.165) is 38.5 Å². The number of aryl methyl sites for hydroxylation is 1. The van der Waals surface area contributed by atoms with Crippen molar-refractivity contribution in [2.75, 3.05) is 5.32 Å². The summed E-state index contributed by atoms with van der Waals surface area (Å²) >= 11 is 5.34. The highest BCUT2D eigenvalue weighted by Crippen LogP contribution is 2.34. The van der Waals surface area contributed by atoms with Crippen molar-refractivity contribution in [1.82, 2.24) is 5.32 Å². The first-order valence-electron chi connectivity index (χ1n) is 8.65. The number of para-hydroxylation sites is 1. The van der Waals surface area contributed by atoms with Gasteiger partial charge in [-0.3, -0.25) is 0 Å². The molecule has 0 heterocycles. The third-order valence-corrected chi connectivity index (χ3v) is 5.08. The first-order chi connectivity index (χ1) is 12.1. The van der Waals surface area contributed by atoms with Crippen LogP contribution in [0.25, 0.3) is 0 Å². The van der Waals surface area contributed by atoms with E-state index in [1.807, 2.05) is 18.2 Å². The maximum absolute atomic E-state index is 13.8.